The summed E-state index contributed by atoms with van der Waals surface area (Å²) in [5.41, 5.74) is -1.72. The molecule has 0 spiro atoms. The molecule has 0 bridgehead atoms. The van der Waals surface area contributed by atoms with Crippen molar-refractivity contribution in [1.29, 1.82) is 0 Å². The highest BCUT2D eigenvalue weighted by Gasteiger charge is 2.43. The van der Waals surface area contributed by atoms with Gasteiger partial charge in [0.05, 0.1) is 5.41 Å². The van der Waals surface area contributed by atoms with E-state index in [0.717, 1.165) is 10.8 Å². The van der Waals surface area contributed by atoms with Gasteiger partial charge in [0.15, 0.2) is 0 Å². The van der Waals surface area contributed by atoms with Gasteiger partial charge in [0.2, 0.25) is 0 Å². The van der Waals surface area contributed by atoms with Crippen LogP contribution >= 0.6 is 0 Å². The van der Waals surface area contributed by atoms with E-state index in [4.69, 9.17) is 0 Å². The van der Waals surface area contributed by atoms with Crippen LogP contribution in [0.15, 0.2) is 30.5 Å². The van der Waals surface area contributed by atoms with Crippen molar-refractivity contribution < 1.29 is 15.0 Å². The van der Waals surface area contributed by atoms with Crippen molar-refractivity contribution in [3.05, 3.63) is 30.5 Å². The molecule has 0 saturated carbocycles. The number of carbonyl (C=O) groups is 1. The van der Waals surface area contributed by atoms with Gasteiger partial charge in [-0.2, -0.15) is 0 Å². The van der Waals surface area contributed by atoms with Gasteiger partial charge >= 0.3 is 5.97 Å². The van der Waals surface area contributed by atoms with E-state index in [2.05, 4.69) is 10.3 Å². The molecule has 1 aromatic carbocycles. The molecule has 112 valence electrons. The number of hydrogen-bond donors (Lipinski definition) is 3. The Labute approximate surface area is 123 Å². The standard InChI is InChI=1S/C16H20N2O3/c1-15(2,14(20)21)16(3,4)18-13-12-9-11(19)6-5-10(12)7-8-17-13/h5-9,19H,1-4H3,(H,17,18)(H,20,21). The topological polar surface area (TPSA) is 82.5 Å². The minimum Gasteiger partial charge on any atom is -0.508 e. The number of carboxylic acids is 1. The predicted molar refractivity (Wildman–Crippen MR) is 82.5 cm³/mol. The number of carboxylic acid groups (broad SMARTS) is 1. The lowest BCUT2D eigenvalue weighted by Gasteiger charge is -2.39. The molecule has 1 aromatic heterocycles. The van der Waals surface area contributed by atoms with Crippen LogP contribution in [0.1, 0.15) is 27.7 Å². The van der Waals surface area contributed by atoms with Gasteiger partial charge in [-0.3, -0.25) is 4.79 Å². The molecule has 0 unspecified atom stereocenters. The van der Waals surface area contributed by atoms with Crippen LogP contribution in [0, 0.1) is 5.41 Å². The lowest BCUT2D eigenvalue weighted by Crippen LogP contribution is -2.50. The maximum Gasteiger partial charge on any atom is 0.311 e. The molecule has 0 saturated heterocycles. The average Bonchev–Trinajstić information content (AvgIpc) is 2.38. The smallest absolute Gasteiger partial charge is 0.311 e. The SMILES string of the molecule is CC(C)(Nc1nccc2ccc(O)cc12)C(C)(C)C(=O)O. The molecule has 2 rings (SSSR count). The first-order valence-corrected chi connectivity index (χ1v) is 6.74. The zero-order valence-corrected chi connectivity index (χ0v) is 12.6. The highest BCUT2D eigenvalue weighted by atomic mass is 16.4. The van der Waals surface area contributed by atoms with Gasteiger partial charge in [0, 0.05) is 17.1 Å². The fourth-order valence-electron chi connectivity index (χ4n) is 1.98. The fourth-order valence-corrected chi connectivity index (χ4v) is 1.98. The van der Waals surface area contributed by atoms with Crippen molar-refractivity contribution >= 4 is 22.6 Å². The molecule has 0 fully saturated rings. The molecule has 5 heteroatoms. The summed E-state index contributed by atoms with van der Waals surface area (Å²) in [6.07, 6.45) is 1.66. The van der Waals surface area contributed by atoms with Crippen LogP contribution in [0.3, 0.4) is 0 Å². The van der Waals surface area contributed by atoms with E-state index < -0.39 is 16.9 Å². The number of nitrogens with one attached hydrogen (secondary N) is 1. The first-order chi connectivity index (χ1) is 9.65. The normalized spacial score (nSPS) is 12.4. The Bertz CT molecular complexity index is 693. The van der Waals surface area contributed by atoms with E-state index in [1.165, 1.54) is 0 Å². The van der Waals surface area contributed by atoms with Gasteiger partial charge in [0.25, 0.3) is 0 Å². The molecule has 0 aliphatic rings. The second kappa shape index (κ2) is 4.91. The number of aliphatic carboxylic acids is 1. The van der Waals surface area contributed by atoms with E-state index in [-0.39, 0.29) is 5.75 Å². The van der Waals surface area contributed by atoms with E-state index in [1.807, 2.05) is 19.9 Å². The number of aromatic hydroxyl groups is 1. The Balaban J connectivity index is 2.49. The molecule has 5 nitrogen and oxygen atoms in total. The zero-order chi connectivity index (χ0) is 15.8. The molecule has 0 aliphatic heterocycles. The highest BCUT2D eigenvalue weighted by Crippen LogP contribution is 2.35. The Morgan fingerprint density at radius 1 is 1.19 bits per heavy atom. The fraction of sp³-hybridized carbons (Fsp3) is 0.375. The van der Waals surface area contributed by atoms with E-state index in [0.29, 0.717) is 5.82 Å². The number of phenolic OH excluding ortho intramolecular Hbond substituents is 1. The van der Waals surface area contributed by atoms with Crippen molar-refractivity contribution in [2.24, 2.45) is 5.41 Å². The molecule has 0 atom stereocenters. The van der Waals surface area contributed by atoms with Gasteiger partial charge in [0.1, 0.15) is 11.6 Å². The number of nitrogens with zero attached hydrogens (tertiary/aromatic N) is 1. The second-order valence-corrected chi connectivity index (χ2v) is 6.25. The molecule has 0 amide bonds. The molecule has 3 N–H and O–H groups in total. The number of fused-ring (bicyclic) bond motifs is 1. The Kier molecular flexibility index (Phi) is 3.53. The summed E-state index contributed by atoms with van der Waals surface area (Å²) >= 11 is 0. The minimum atomic E-state index is -0.992. The van der Waals surface area contributed by atoms with Crippen LogP contribution < -0.4 is 5.32 Å². The summed E-state index contributed by atoms with van der Waals surface area (Å²) in [5, 5.41) is 24.0. The van der Waals surface area contributed by atoms with Crippen LogP contribution in [-0.4, -0.2) is 26.7 Å². The monoisotopic (exact) mass is 288 g/mol. The summed E-state index contributed by atoms with van der Waals surface area (Å²) in [4.78, 5) is 15.8. The summed E-state index contributed by atoms with van der Waals surface area (Å²) in [6.45, 7) is 6.99. The highest BCUT2D eigenvalue weighted by molar-refractivity contribution is 5.93. The number of anilines is 1. The number of rotatable bonds is 4. The molecule has 0 aliphatic carbocycles. The summed E-state index contributed by atoms with van der Waals surface area (Å²) in [6, 6.07) is 6.87. The van der Waals surface area contributed by atoms with Crippen LogP contribution in [0.25, 0.3) is 10.8 Å². The Morgan fingerprint density at radius 2 is 1.86 bits per heavy atom. The van der Waals surface area contributed by atoms with Crippen molar-refractivity contribution in [1.82, 2.24) is 4.98 Å². The van der Waals surface area contributed by atoms with Crippen molar-refractivity contribution in [2.75, 3.05) is 5.32 Å². The quantitative estimate of drug-likeness (QED) is 0.804. The summed E-state index contributed by atoms with van der Waals surface area (Å²) < 4.78 is 0. The largest absolute Gasteiger partial charge is 0.508 e. The zero-order valence-electron chi connectivity index (χ0n) is 12.6. The van der Waals surface area contributed by atoms with Crippen LogP contribution in [0.4, 0.5) is 5.82 Å². The lowest BCUT2D eigenvalue weighted by atomic mass is 9.74. The van der Waals surface area contributed by atoms with Crippen LogP contribution in [-0.2, 0) is 4.79 Å². The van der Waals surface area contributed by atoms with E-state index in [1.54, 1.807) is 38.2 Å². The molecular weight excluding hydrogens is 268 g/mol. The molecular formula is C16H20N2O3. The lowest BCUT2D eigenvalue weighted by molar-refractivity contribution is -0.149. The number of phenols is 1. The van der Waals surface area contributed by atoms with Gasteiger partial charge in [-0.15, -0.1) is 0 Å². The first-order valence-electron chi connectivity index (χ1n) is 6.74. The van der Waals surface area contributed by atoms with Crippen LogP contribution in [0.2, 0.25) is 0 Å². The van der Waals surface area contributed by atoms with Crippen molar-refractivity contribution in [2.45, 2.75) is 33.2 Å². The minimum absolute atomic E-state index is 0.147. The molecule has 1 heterocycles. The third kappa shape index (κ3) is 2.63. The van der Waals surface area contributed by atoms with E-state index >= 15 is 0 Å². The van der Waals surface area contributed by atoms with Crippen molar-refractivity contribution in [3.8, 4) is 5.75 Å². The first kappa shape index (κ1) is 15.1. The molecule has 2 aromatic rings. The van der Waals surface area contributed by atoms with Gasteiger partial charge in [-0.25, -0.2) is 4.98 Å². The Morgan fingerprint density at radius 3 is 2.48 bits per heavy atom. The van der Waals surface area contributed by atoms with Gasteiger partial charge < -0.3 is 15.5 Å². The third-order valence-electron chi connectivity index (χ3n) is 4.28. The molecule has 0 radical (unpaired) electrons. The number of aromatic nitrogens is 1. The number of hydrogen-bond acceptors (Lipinski definition) is 4. The van der Waals surface area contributed by atoms with Gasteiger partial charge in [-0.05, 0) is 51.3 Å². The summed E-state index contributed by atoms with van der Waals surface area (Å²) in [7, 11) is 0. The maximum atomic E-state index is 11.5. The predicted octanol–water partition coefficient (Wildman–Crippen LogP) is 3.24. The van der Waals surface area contributed by atoms with Crippen LogP contribution in [0.5, 0.6) is 5.75 Å². The molecule has 21 heavy (non-hydrogen) atoms. The van der Waals surface area contributed by atoms with E-state index in [9.17, 15) is 15.0 Å². The van der Waals surface area contributed by atoms with Crippen molar-refractivity contribution in [3.63, 3.8) is 0 Å². The second-order valence-electron chi connectivity index (χ2n) is 6.25. The van der Waals surface area contributed by atoms with Gasteiger partial charge in [-0.1, -0.05) is 6.07 Å². The Hall–Kier alpha value is -2.30. The average molecular weight is 288 g/mol. The third-order valence-corrected chi connectivity index (χ3v) is 4.28. The summed E-state index contributed by atoms with van der Waals surface area (Å²) in [5.74, 6) is -0.181. The number of benzene rings is 1. The number of pyridine rings is 1. The maximum absolute atomic E-state index is 11.5.